The molecule has 92 valence electrons. The molecule has 4 rings (SSSR count). The van der Waals surface area contributed by atoms with E-state index in [0.717, 1.165) is 5.92 Å². The molecule has 2 aliphatic heterocycles. The van der Waals surface area contributed by atoms with Crippen molar-refractivity contribution in [3.63, 3.8) is 0 Å². The Kier molecular flexibility index (Phi) is 2.74. The second-order valence-corrected chi connectivity index (χ2v) is 5.19. The number of piperidine rings is 2. The highest BCUT2D eigenvalue weighted by atomic mass is 19.1. The maximum absolute atomic E-state index is 12.7. The van der Waals surface area contributed by atoms with Crippen LogP contribution in [0.2, 0.25) is 0 Å². The number of hydrogen-bond acceptors (Lipinski definition) is 3. The van der Waals surface area contributed by atoms with Crippen LogP contribution in [0.15, 0.2) is 18.3 Å². The molecular formula is C13H17FN2O. The molecule has 3 heterocycles. The second kappa shape index (κ2) is 4.26. The summed E-state index contributed by atoms with van der Waals surface area (Å²) >= 11 is 0. The van der Waals surface area contributed by atoms with E-state index in [4.69, 9.17) is 4.74 Å². The molecule has 0 spiro atoms. The fourth-order valence-corrected chi connectivity index (χ4v) is 2.83. The van der Waals surface area contributed by atoms with E-state index < -0.39 is 0 Å². The van der Waals surface area contributed by atoms with E-state index in [1.165, 1.54) is 25.1 Å². The van der Waals surface area contributed by atoms with Crippen molar-refractivity contribution in [1.82, 2.24) is 10.3 Å². The van der Waals surface area contributed by atoms with Crippen LogP contribution in [0.4, 0.5) is 4.39 Å². The highest BCUT2D eigenvalue weighted by molar-refractivity contribution is 5.11. The molecule has 0 aromatic carbocycles. The van der Waals surface area contributed by atoms with Crippen molar-refractivity contribution in [2.45, 2.75) is 31.8 Å². The van der Waals surface area contributed by atoms with E-state index in [2.05, 4.69) is 17.2 Å². The minimum atomic E-state index is -0.331. The summed E-state index contributed by atoms with van der Waals surface area (Å²) in [6.07, 6.45) is 3.81. The number of ether oxygens (including phenoxy) is 1. The van der Waals surface area contributed by atoms with Crippen LogP contribution in [-0.4, -0.2) is 23.7 Å². The van der Waals surface area contributed by atoms with Gasteiger partial charge < -0.3 is 10.1 Å². The molecule has 2 unspecified atom stereocenters. The molecule has 2 bridgehead atoms. The van der Waals surface area contributed by atoms with Gasteiger partial charge in [-0.15, -0.1) is 0 Å². The fourth-order valence-electron chi connectivity index (χ4n) is 2.83. The first kappa shape index (κ1) is 11.0. The standard InChI is InChI=1S/C13H17FN2O/c1-8-9-4-11(5-9)16-12(8)7-17-13-3-2-10(14)6-15-13/h2-3,6,8-9,11-12,16H,4-5,7H2,1H3. The Balaban J connectivity index is 1.55. The van der Waals surface area contributed by atoms with Crippen LogP contribution < -0.4 is 10.1 Å². The van der Waals surface area contributed by atoms with E-state index in [-0.39, 0.29) is 5.82 Å². The number of halogens is 1. The van der Waals surface area contributed by atoms with Crippen LogP contribution in [0.25, 0.3) is 0 Å². The summed E-state index contributed by atoms with van der Waals surface area (Å²) in [7, 11) is 0. The fraction of sp³-hybridized carbons (Fsp3) is 0.615. The molecule has 17 heavy (non-hydrogen) atoms. The van der Waals surface area contributed by atoms with E-state index in [9.17, 15) is 4.39 Å². The van der Waals surface area contributed by atoms with Crippen molar-refractivity contribution in [2.24, 2.45) is 11.8 Å². The Morgan fingerprint density at radius 1 is 1.47 bits per heavy atom. The topological polar surface area (TPSA) is 34.1 Å². The Morgan fingerprint density at radius 3 is 2.94 bits per heavy atom. The van der Waals surface area contributed by atoms with Crippen molar-refractivity contribution in [1.29, 1.82) is 0 Å². The predicted molar refractivity (Wildman–Crippen MR) is 62.3 cm³/mol. The van der Waals surface area contributed by atoms with E-state index >= 15 is 0 Å². The average Bonchev–Trinajstić information content (AvgIpc) is 2.28. The number of nitrogens with one attached hydrogen (secondary N) is 1. The summed E-state index contributed by atoms with van der Waals surface area (Å²) in [6, 6.07) is 4.03. The predicted octanol–water partition coefficient (Wildman–Crippen LogP) is 1.99. The molecule has 0 radical (unpaired) electrons. The molecule has 1 aliphatic carbocycles. The summed E-state index contributed by atoms with van der Waals surface area (Å²) in [5, 5.41) is 3.59. The zero-order valence-corrected chi connectivity index (χ0v) is 9.90. The Morgan fingerprint density at radius 2 is 2.29 bits per heavy atom. The normalized spacial score (nSPS) is 35.2. The number of aromatic nitrogens is 1. The number of rotatable bonds is 3. The molecule has 1 aromatic heterocycles. The number of nitrogens with zero attached hydrogens (tertiary/aromatic N) is 1. The molecular weight excluding hydrogens is 219 g/mol. The van der Waals surface area contributed by atoms with E-state index in [1.54, 1.807) is 6.07 Å². The molecule has 3 fully saturated rings. The first-order chi connectivity index (χ1) is 8.22. The lowest BCUT2D eigenvalue weighted by molar-refractivity contribution is 0.0326. The van der Waals surface area contributed by atoms with Gasteiger partial charge in [0.25, 0.3) is 0 Å². The van der Waals surface area contributed by atoms with Crippen molar-refractivity contribution in [3.8, 4) is 5.88 Å². The SMILES string of the molecule is CC1C2CC(C2)NC1COc1ccc(F)cn1. The number of pyridine rings is 1. The minimum Gasteiger partial charge on any atom is -0.476 e. The lowest BCUT2D eigenvalue weighted by Crippen LogP contribution is -2.60. The summed E-state index contributed by atoms with van der Waals surface area (Å²) < 4.78 is 18.3. The third-order valence-corrected chi connectivity index (χ3v) is 4.11. The van der Waals surface area contributed by atoms with Gasteiger partial charge in [0.05, 0.1) is 6.20 Å². The van der Waals surface area contributed by atoms with Gasteiger partial charge in [-0.2, -0.15) is 0 Å². The summed E-state index contributed by atoms with van der Waals surface area (Å²) in [5.74, 6) is 1.68. The Hall–Kier alpha value is -1.16. The Bertz CT molecular complexity index is 389. The van der Waals surface area contributed by atoms with Crippen molar-refractivity contribution < 1.29 is 9.13 Å². The van der Waals surface area contributed by atoms with Gasteiger partial charge >= 0.3 is 0 Å². The second-order valence-electron chi connectivity index (χ2n) is 5.19. The van der Waals surface area contributed by atoms with Crippen LogP contribution in [0, 0.1) is 17.7 Å². The van der Waals surface area contributed by atoms with Gasteiger partial charge in [-0.1, -0.05) is 6.92 Å². The summed E-state index contributed by atoms with van der Waals surface area (Å²) in [6.45, 7) is 2.89. The average molecular weight is 236 g/mol. The van der Waals surface area contributed by atoms with Gasteiger partial charge in [0.2, 0.25) is 5.88 Å². The zero-order chi connectivity index (χ0) is 11.8. The van der Waals surface area contributed by atoms with Crippen molar-refractivity contribution in [2.75, 3.05) is 6.61 Å². The maximum Gasteiger partial charge on any atom is 0.213 e. The molecule has 2 atom stereocenters. The van der Waals surface area contributed by atoms with Gasteiger partial charge in [0, 0.05) is 18.2 Å². The molecule has 1 saturated carbocycles. The first-order valence-corrected chi connectivity index (χ1v) is 6.23. The number of hydrogen-bond donors (Lipinski definition) is 1. The first-order valence-electron chi connectivity index (χ1n) is 6.23. The van der Waals surface area contributed by atoms with Crippen LogP contribution in [0.5, 0.6) is 5.88 Å². The number of fused-ring (bicyclic) bond motifs is 2. The smallest absolute Gasteiger partial charge is 0.213 e. The van der Waals surface area contributed by atoms with Crippen LogP contribution in [-0.2, 0) is 0 Å². The molecule has 3 aliphatic rings. The molecule has 1 N–H and O–H groups in total. The highest BCUT2D eigenvalue weighted by Crippen LogP contribution is 2.40. The molecule has 3 nitrogen and oxygen atoms in total. The highest BCUT2D eigenvalue weighted by Gasteiger charge is 2.43. The van der Waals surface area contributed by atoms with Gasteiger partial charge in [-0.25, -0.2) is 9.37 Å². The Labute approximate surface area is 100 Å². The van der Waals surface area contributed by atoms with Crippen LogP contribution in [0.3, 0.4) is 0 Å². The summed E-state index contributed by atoms with van der Waals surface area (Å²) in [5.41, 5.74) is 0. The molecule has 1 aromatic rings. The zero-order valence-electron chi connectivity index (χ0n) is 9.90. The lowest BCUT2D eigenvalue weighted by atomic mass is 9.66. The van der Waals surface area contributed by atoms with Crippen molar-refractivity contribution >= 4 is 0 Å². The molecule has 0 amide bonds. The molecule has 4 heteroatoms. The monoisotopic (exact) mass is 236 g/mol. The minimum absolute atomic E-state index is 0.331. The lowest BCUT2D eigenvalue weighted by Gasteiger charge is -2.50. The van der Waals surface area contributed by atoms with Gasteiger partial charge in [0.15, 0.2) is 0 Å². The quantitative estimate of drug-likeness (QED) is 0.871. The largest absolute Gasteiger partial charge is 0.476 e. The molecule has 2 saturated heterocycles. The van der Waals surface area contributed by atoms with Crippen molar-refractivity contribution in [3.05, 3.63) is 24.1 Å². The van der Waals surface area contributed by atoms with Crippen LogP contribution >= 0.6 is 0 Å². The van der Waals surface area contributed by atoms with E-state index in [1.807, 2.05) is 0 Å². The van der Waals surface area contributed by atoms with Gasteiger partial charge in [-0.3, -0.25) is 0 Å². The van der Waals surface area contributed by atoms with Gasteiger partial charge in [-0.05, 0) is 30.7 Å². The maximum atomic E-state index is 12.7. The third-order valence-electron chi connectivity index (χ3n) is 4.11. The van der Waals surface area contributed by atoms with Crippen LogP contribution in [0.1, 0.15) is 19.8 Å². The van der Waals surface area contributed by atoms with E-state index in [0.29, 0.717) is 30.5 Å². The summed E-state index contributed by atoms with van der Waals surface area (Å²) in [4.78, 5) is 3.89. The third kappa shape index (κ3) is 2.14. The van der Waals surface area contributed by atoms with Gasteiger partial charge in [0.1, 0.15) is 12.4 Å².